The number of carbonyl (C=O) groups is 1. The predicted molar refractivity (Wildman–Crippen MR) is 90.0 cm³/mol. The minimum absolute atomic E-state index is 0.0710. The second kappa shape index (κ2) is 6.77. The van der Waals surface area contributed by atoms with Gasteiger partial charge in [0.15, 0.2) is 0 Å². The van der Waals surface area contributed by atoms with E-state index < -0.39 is 0 Å². The van der Waals surface area contributed by atoms with E-state index in [2.05, 4.69) is 29.5 Å². The van der Waals surface area contributed by atoms with E-state index in [0.717, 1.165) is 17.8 Å². The largest absolute Gasteiger partial charge is 0.326 e. The maximum atomic E-state index is 11.8. The van der Waals surface area contributed by atoms with Crippen LogP contribution < -0.4 is 5.32 Å². The number of carbonyl (C=O) groups excluding carboxylic acids is 1. The van der Waals surface area contributed by atoms with Crippen molar-refractivity contribution in [2.24, 2.45) is 13.0 Å². The Balaban J connectivity index is 2.04. The van der Waals surface area contributed by atoms with Crippen LogP contribution in [0.4, 0.5) is 5.69 Å². The van der Waals surface area contributed by atoms with Gasteiger partial charge in [-0.3, -0.25) is 9.48 Å². The van der Waals surface area contributed by atoms with E-state index in [9.17, 15) is 4.79 Å². The molecule has 1 N–H and O–H groups in total. The molecule has 0 fully saturated rings. The highest BCUT2D eigenvalue weighted by molar-refractivity contribution is 5.90. The Bertz CT molecular complexity index is 654. The van der Waals surface area contributed by atoms with Gasteiger partial charge in [-0.1, -0.05) is 26.0 Å². The summed E-state index contributed by atoms with van der Waals surface area (Å²) < 4.78 is 1.92. The fourth-order valence-corrected chi connectivity index (χ4v) is 2.57. The van der Waals surface area contributed by atoms with Gasteiger partial charge in [0, 0.05) is 36.8 Å². The molecule has 1 aromatic carbocycles. The molecule has 0 aliphatic carbocycles. The first kappa shape index (κ1) is 16.3. The molecule has 0 aliphatic heterocycles. The highest BCUT2D eigenvalue weighted by atomic mass is 16.1. The molecular weight excluding hydrogens is 274 g/mol. The summed E-state index contributed by atoms with van der Waals surface area (Å²) in [4.78, 5) is 11.8. The molecule has 0 saturated carbocycles. The van der Waals surface area contributed by atoms with Crippen LogP contribution in [0.3, 0.4) is 0 Å². The number of aromatic nitrogens is 2. The van der Waals surface area contributed by atoms with Gasteiger partial charge in [-0.25, -0.2) is 0 Å². The van der Waals surface area contributed by atoms with Crippen LogP contribution in [-0.4, -0.2) is 15.7 Å². The van der Waals surface area contributed by atoms with E-state index in [1.807, 2.05) is 44.6 Å². The minimum Gasteiger partial charge on any atom is -0.326 e. The quantitative estimate of drug-likeness (QED) is 0.916. The van der Waals surface area contributed by atoms with Crippen molar-refractivity contribution in [1.82, 2.24) is 9.78 Å². The summed E-state index contributed by atoms with van der Waals surface area (Å²) in [5.41, 5.74) is 5.63. The Morgan fingerprint density at radius 1 is 1.23 bits per heavy atom. The highest BCUT2D eigenvalue weighted by Crippen LogP contribution is 2.19. The van der Waals surface area contributed by atoms with E-state index in [-0.39, 0.29) is 5.91 Å². The zero-order valence-corrected chi connectivity index (χ0v) is 14.1. The summed E-state index contributed by atoms with van der Waals surface area (Å²) in [5, 5.41) is 7.39. The average Bonchev–Trinajstić information content (AvgIpc) is 2.66. The normalized spacial score (nSPS) is 11.0. The Morgan fingerprint density at radius 2 is 1.86 bits per heavy atom. The second-order valence-electron chi connectivity index (χ2n) is 6.29. The molecule has 118 valence electrons. The van der Waals surface area contributed by atoms with Gasteiger partial charge < -0.3 is 5.32 Å². The molecule has 0 aliphatic rings. The lowest BCUT2D eigenvalue weighted by Gasteiger charge is -2.08. The Kier molecular flexibility index (Phi) is 5.01. The Morgan fingerprint density at radius 3 is 2.36 bits per heavy atom. The molecule has 1 aromatic heterocycles. The van der Waals surface area contributed by atoms with Crippen molar-refractivity contribution in [3.8, 4) is 0 Å². The van der Waals surface area contributed by atoms with Crippen LogP contribution in [0.5, 0.6) is 0 Å². The molecule has 0 atom stereocenters. The molecule has 1 heterocycles. The first-order valence-electron chi connectivity index (χ1n) is 7.74. The maximum absolute atomic E-state index is 11.8. The van der Waals surface area contributed by atoms with Gasteiger partial charge in [0.2, 0.25) is 5.91 Å². The Hall–Kier alpha value is -2.10. The number of rotatable bonds is 5. The van der Waals surface area contributed by atoms with Crippen molar-refractivity contribution >= 4 is 11.6 Å². The summed E-state index contributed by atoms with van der Waals surface area (Å²) in [6.45, 7) is 8.22. The molecular formula is C18H25N3O. The summed E-state index contributed by atoms with van der Waals surface area (Å²) in [5.74, 6) is 0.442. The monoisotopic (exact) mass is 299 g/mol. The molecule has 0 bridgehead atoms. The SMILES string of the molecule is Cc1nn(C)c(C)c1Cc1ccc(NC(=O)CC(C)C)cc1. The second-order valence-corrected chi connectivity index (χ2v) is 6.29. The van der Waals surface area contributed by atoms with Crippen molar-refractivity contribution in [1.29, 1.82) is 0 Å². The standard InChI is InChI=1S/C18H25N3O/c1-12(2)10-18(22)19-16-8-6-15(7-9-16)11-17-13(3)20-21(5)14(17)4/h6-9,12H,10-11H2,1-5H3,(H,19,22). The van der Waals surface area contributed by atoms with E-state index in [0.29, 0.717) is 12.3 Å². The molecule has 4 nitrogen and oxygen atoms in total. The van der Waals surface area contributed by atoms with Crippen LogP contribution in [0.25, 0.3) is 0 Å². The summed E-state index contributed by atoms with van der Waals surface area (Å²) in [6, 6.07) is 8.07. The first-order chi connectivity index (χ1) is 10.4. The number of nitrogens with one attached hydrogen (secondary N) is 1. The third-order valence-electron chi connectivity index (χ3n) is 3.87. The van der Waals surface area contributed by atoms with Crippen molar-refractivity contribution in [2.75, 3.05) is 5.32 Å². The van der Waals surface area contributed by atoms with Gasteiger partial charge in [0.05, 0.1) is 5.69 Å². The van der Waals surface area contributed by atoms with E-state index in [1.54, 1.807) is 0 Å². The zero-order valence-electron chi connectivity index (χ0n) is 14.1. The number of nitrogens with zero attached hydrogens (tertiary/aromatic N) is 2. The first-order valence-corrected chi connectivity index (χ1v) is 7.74. The summed E-state index contributed by atoms with van der Waals surface area (Å²) in [6.07, 6.45) is 1.42. The molecule has 1 amide bonds. The lowest BCUT2D eigenvalue weighted by atomic mass is 10.0. The number of hydrogen-bond donors (Lipinski definition) is 1. The van der Waals surface area contributed by atoms with E-state index >= 15 is 0 Å². The lowest BCUT2D eigenvalue weighted by Crippen LogP contribution is -2.13. The van der Waals surface area contributed by atoms with Gasteiger partial charge in [-0.15, -0.1) is 0 Å². The third-order valence-corrected chi connectivity index (χ3v) is 3.87. The van der Waals surface area contributed by atoms with Crippen LogP contribution in [0.15, 0.2) is 24.3 Å². The number of amides is 1. The fourth-order valence-electron chi connectivity index (χ4n) is 2.57. The molecule has 2 aromatic rings. The van der Waals surface area contributed by atoms with Crippen LogP contribution in [0.2, 0.25) is 0 Å². The Labute approximate surface area is 132 Å². The van der Waals surface area contributed by atoms with Gasteiger partial charge in [-0.2, -0.15) is 5.10 Å². The number of benzene rings is 1. The summed E-state index contributed by atoms with van der Waals surface area (Å²) >= 11 is 0. The predicted octanol–water partition coefficient (Wildman–Crippen LogP) is 3.61. The smallest absolute Gasteiger partial charge is 0.224 e. The van der Waals surface area contributed by atoms with Crippen molar-refractivity contribution in [2.45, 2.75) is 40.5 Å². The minimum atomic E-state index is 0.0710. The van der Waals surface area contributed by atoms with Gasteiger partial charge in [0.25, 0.3) is 0 Å². The molecule has 0 radical (unpaired) electrons. The van der Waals surface area contributed by atoms with Crippen molar-refractivity contribution in [3.05, 3.63) is 46.8 Å². The molecule has 0 spiro atoms. The van der Waals surface area contributed by atoms with E-state index in [1.165, 1.54) is 16.8 Å². The summed E-state index contributed by atoms with van der Waals surface area (Å²) in [7, 11) is 1.97. The zero-order chi connectivity index (χ0) is 16.3. The van der Waals surface area contributed by atoms with Gasteiger partial charge in [-0.05, 0) is 37.5 Å². The number of hydrogen-bond acceptors (Lipinski definition) is 2. The molecule has 2 rings (SSSR count). The average molecular weight is 299 g/mol. The highest BCUT2D eigenvalue weighted by Gasteiger charge is 2.10. The fraction of sp³-hybridized carbons (Fsp3) is 0.444. The third kappa shape index (κ3) is 3.97. The molecule has 22 heavy (non-hydrogen) atoms. The van der Waals surface area contributed by atoms with Crippen molar-refractivity contribution in [3.63, 3.8) is 0 Å². The van der Waals surface area contributed by atoms with Gasteiger partial charge in [0.1, 0.15) is 0 Å². The van der Waals surface area contributed by atoms with Crippen LogP contribution in [-0.2, 0) is 18.3 Å². The maximum Gasteiger partial charge on any atom is 0.224 e. The molecule has 0 saturated heterocycles. The number of aryl methyl sites for hydroxylation is 2. The number of anilines is 1. The van der Waals surface area contributed by atoms with E-state index in [4.69, 9.17) is 0 Å². The van der Waals surface area contributed by atoms with Crippen LogP contribution in [0, 0.1) is 19.8 Å². The van der Waals surface area contributed by atoms with Crippen LogP contribution >= 0.6 is 0 Å². The van der Waals surface area contributed by atoms with Gasteiger partial charge >= 0.3 is 0 Å². The lowest BCUT2D eigenvalue weighted by molar-refractivity contribution is -0.116. The van der Waals surface area contributed by atoms with Crippen LogP contribution in [0.1, 0.15) is 42.8 Å². The molecule has 0 unspecified atom stereocenters. The molecule has 4 heteroatoms. The van der Waals surface area contributed by atoms with Crippen molar-refractivity contribution < 1.29 is 4.79 Å². The topological polar surface area (TPSA) is 46.9 Å².